The third kappa shape index (κ3) is 7.91. The molecule has 56 heavy (non-hydrogen) atoms. The first-order valence-electron chi connectivity index (χ1n) is 17.0. The normalized spacial score (nSPS) is 11.5. The second-order valence-corrected chi connectivity index (χ2v) is 16.3. The SMILES string of the molecule is Cc1cc(-c2ccc(NC(=O)NN(c3onc(C)c3C)S(=O)(=O)c3ccccc3)c(C)c2)ccc1NC(=O)NN(c1onc(C)c1C)S(=O)(=O)c1ccccc1. The van der Waals surface area contributed by atoms with E-state index in [1.807, 2.05) is 12.1 Å². The van der Waals surface area contributed by atoms with Crippen molar-refractivity contribution in [1.82, 2.24) is 21.2 Å². The summed E-state index contributed by atoms with van der Waals surface area (Å²) < 4.78 is 66.4. The number of hydrazine groups is 2. The van der Waals surface area contributed by atoms with Crippen molar-refractivity contribution in [3.8, 4) is 11.1 Å². The number of carbonyl (C=O) groups is 2. The van der Waals surface area contributed by atoms with E-state index in [0.717, 1.165) is 11.1 Å². The molecule has 0 saturated carbocycles. The Kier molecular flexibility index (Phi) is 10.9. The molecule has 0 atom stereocenters. The summed E-state index contributed by atoms with van der Waals surface area (Å²) in [6, 6.07) is 24.1. The van der Waals surface area contributed by atoms with Crippen LogP contribution in [0.1, 0.15) is 33.6 Å². The van der Waals surface area contributed by atoms with Crippen molar-refractivity contribution in [3.63, 3.8) is 0 Å². The van der Waals surface area contributed by atoms with Crippen LogP contribution in [-0.2, 0) is 20.0 Å². The number of sulfonamides is 2. The molecule has 4 N–H and O–H groups in total. The van der Waals surface area contributed by atoms with Gasteiger partial charge < -0.3 is 19.7 Å². The minimum Gasteiger partial charge on any atom is -0.335 e. The van der Waals surface area contributed by atoms with Crippen LogP contribution >= 0.6 is 0 Å². The number of hydrogen-bond donors (Lipinski definition) is 4. The lowest BCUT2D eigenvalue weighted by Crippen LogP contribution is -2.48. The van der Waals surface area contributed by atoms with Gasteiger partial charge in [-0.25, -0.2) is 20.4 Å². The zero-order valence-electron chi connectivity index (χ0n) is 31.1. The minimum atomic E-state index is -4.30. The highest BCUT2D eigenvalue weighted by molar-refractivity contribution is 7.93. The van der Waals surface area contributed by atoms with Crippen LogP contribution in [-0.4, -0.2) is 39.2 Å². The van der Waals surface area contributed by atoms with E-state index in [2.05, 4.69) is 31.8 Å². The highest BCUT2D eigenvalue weighted by atomic mass is 32.2. The van der Waals surface area contributed by atoms with Crippen LogP contribution in [0.15, 0.2) is 116 Å². The van der Waals surface area contributed by atoms with Crippen LogP contribution in [0.25, 0.3) is 11.1 Å². The maximum Gasteiger partial charge on any atom is 0.339 e. The number of hydrogen-bond acceptors (Lipinski definition) is 10. The average Bonchev–Trinajstić information content (AvgIpc) is 3.69. The second kappa shape index (κ2) is 15.6. The van der Waals surface area contributed by atoms with Crippen molar-refractivity contribution >= 4 is 55.3 Å². The first-order chi connectivity index (χ1) is 26.6. The molecule has 6 aromatic rings. The van der Waals surface area contributed by atoms with E-state index in [-0.39, 0.29) is 21.6 Å². The van der Waals surface area contributed by atoms with E-state index in [1.165, 1.54) is 24.3 Å². The average molecular weight is 799 g/mol. The fourth-order valence-electron chi connectivity index (χ4n) is 5.47. The van der Waals surface area contributed by atoms with Crippen molar-refractivity contribution in [3.05, 3.63) is 131 Å². The van der Waals surface area contributed by atoms with Gasteiger partial charge in [0.15, 0.2) is 0 Å². The first-order valence-corrected chi connectivity index (χ1v) is 19.9. The van der Waals surface area contributed by atoms with Crippen molar-refractivity contribution in [2.75, 3.05) is 19.5 Å². The number of amides is 4. The Morgan fingerprint density at radius 2 is 0.893 bits per heavy atom. The lowest BCUT2D eigenvalue weighted by Gasteiger charge is -2.23. The fourth-order valence-corrected chi connectivity index (χ4v) is 8.08. The summed E-state index contributed by atoms with van der Waals surface area (Å²) in [5.74, 6) is -0.317. The molecule has 0 aliphatic heterocycles. The van der Waals surface area contributed by atoms with Gasteiger partial charge in [0.05, 0.1) is 21.2 Å². The molecule has 4 aromatic carbocycles. The molecular weight excluding hydrogens is 761 g/mol. The predicted molar refractivity (Wildman–Crippen MR) is 210 cm³/mol. The molecular formula is C38H38N8O8S2. The predicted octanol–water partition coefficient (Wildman–Crippen LogP) is 7.04. The van der Waals surface area contributed by atoms with Crippen LogP contribution in [0.3, 0.4) is 0 Å². The summed E-state index contributed by atoms with van der Waals surface area (Å²) in [6.45, 7) is 10.1. The molecule has 2 heterocycles. The van der Waals surface area contributed by atoms with Gasteiger partial charge in [-0.2, -0.15) is 16.8 Å². The number of anilines is 4. The minimum absolute atomic E-state index is 0.0685. The van der Waals surface area contributed by atoms with E-state index in [0.29, 0.717) is 53.8 Å². The number of aryl methyl sites for hydroxylation is 4. The number of benzene rings is 4. The summed E-state index contributed by atoms with van der Waals surface area (Å²) >= 11 is 0. The van der Waals surface area contributed by atoms with Gasteiger partial charge in [-0.05, 0) is 112 Å². The zero-order chi connectivity index (χ0) is 40.4. The molecule has 0 aliphatic rings. The zero-order valence-corrected chi connectivity index (χ0v) is 32.7. The highest BCUT2D eigenvalue weighted by Gasteiger charge is 2.33. The molecule has 2 aromatic heterocycles. The maximum absolute atomic E-state index is 13.6. The Morgan fingerprint density at radius 3 is 1.20 bits per heavy atom. The standard InChI is InChI=1S/C38H38N8O8S2/c1-23-21-29(17-19-33(23)39-37(47)41-45(35-25(3)27(5)43-53-35)55(49,50)31-13-9-7-10-14-31)30-18-20-34(24(2)22-30)40-38(48)42-46(36-26(4)28(6)44-54-36)56(51,52)32-15-11-8-12-16-32/h7-22H,1-6H3,(H2,39,41,47)(H2,40,42,48). The van der Waals surface area contributed by atoms with Gasteiger partial charge in [0.1, 0.15) is 0 Å². The Morgan fingerprint density at radius 1 is 0.536 bits per heavy atom. The molecule has 0 radical (unpaired) electrons. The summed E-state index contributed by atoms with van der Waals surface area (Å²) in [5, 5.41) is 13.1. The lowest BCUT2D eigenvalue weighted by atomic mass is 10.00. The topological polar surface area (TPSA) is 209 Å². The van der Waals surface area contributed by atoms with Gasteiger partial charge in [-0.1, -0.05) is 58.8 Å². The lowest BCUT2D eigenvalue weighted by molar-refractivity contribution is 0.251. The first kappa shape index (κ1) is 39.0. The molecule has 0 unspecified atom stereocenters. The highest BCUT2D eigenvalue weighted by Crippen LogP contribution is 2.31. The number of carbonyl (C=O) groups excluding carboxylic acids is 2. The van der Waals surface area contributed by atoms with E-state index in [4.69, 9.17) is 9.05 Å². The van der Waals surface area contributed by atoms with Crippen LogP contribution in [0.4, 0.5) is 32.7 Å². The quantitative estimate of drug-likeness (QED) is 0.0983. The van der Waals surface area contributed by atoms with Crippen LogP contribution in [0, 0.1) is 41.5 Å². The number of nitrogens with zero attached hydrogens (tertiary/aromatic N) is 4. The van der Waals surface area contributed by atoms with Gasteiger partial charge in [-0.3, -0.25) is 0 Å². The van der Waals surface area contributed by atoms with E-state index >= 15 is 0 Å². The van der Waals surface area contributed by atoms with Gasteiger partial charge in [0.2, 0.25) is 0 Å². The largest absolute Gasteiger partial charge is 0.339 e. The Labute approximate surface area is 323 Å². The Hall–Kier alpha value is -6.66. The van der Waals surface area contributed by atoms with Crippen LogP contribution in [0.2, 0.25) is 0 Å². The molecule has 6 rings (SSSR count). The molecule has 4 amide bonds. The third-order valence-corrected chi connectivity index (χ3v) is 12.1. The second-order valence-electron chi connectivity index (χ2n) is 12.8. The van der Waals surface area contributed by atoms with E-state index < -0.39 is 32.1 Å². The molecule has 18 heteroatoms. The summed E-state index contributed by atoms with van der Waals surface area (Å²) in [6.07, 6.45) is 0. The van der Waals surface area contributed by atoms with Gasteiger partial charge in [-0.15, -0.1) is 8.83 Å². The molecule has 0 aliphatic carbocycles. The van der Waals surface area contributed by atoms with Crippen molar-refractivity contribution in [2.45, 2.75) is 51.3 Å². The Bertz CT molecular complexity index is 2460. The van der Waals surface area contributed by atoms with Crippen molar-refractivity contribution in [2.24, 2.45) is 0 Å². The Balaban J connectivity index is 1.17. The summed E-state index contributed by atoms with van der Waals surface area (Å²) in [4.78, 5) is 26.4. The monoisotopic (exact) mass is 798 g/mol. The van der Waals surface area contributed by atoms with E-state index in [9.17, 15) is 26.4 Å². The summed E-state index contributed by atoms with van der Waals surface area (Å²) in [7, 11) is -8.59. The van der Waals surface area contributed by atoms with Crippen molar-refractivity contribution < 1.29 is 35.5 Å². The maximum atomic E-state index is 13.6. The number of aromatic nitrogens is 2. The fraction of sp³-hybridized carbons (Fsp3) is 0.158. The number of urea groups is 2. The van der Waals surface area contributed by atoms with Gasteiger partial charge in [0.25, 0.3) is 31.8 Å². The summed E-state index contributed by atoms with van der Waals surface area (Å²) in [5.41, 5.74) is 10.3. The van der Waals surface area contributed by atoms with Crippen LogP contribution < -0.4 is 30.3 Å². The molecule has 0 saturated heterocycles. The van der Waals surface area contributed by atoms with E-state index in [1.54, 1.807) is 102 Å². The molecule has 0 bridgehead atoms. The molecule has 0 spiro atoms. The van der Waals surface area contributed by atoms with Crippen LogP contribution in [0.5, 0.6) is 0 Å². The van der Waals surface area contributed by atoms with Crippen molar-refractivity contribution in [1.29, 1.82) is 0 Å². The molecule has 16 nitrogen and oxygen atoms in total. The molecule has 0 fully saturated rings. The third-order valence-electron chi connectivity index (χ3n) is 8.89. The van der Waals surface area contributed by atoms with Gasteiger partial charge >= 0.3 is 12.1 Å². The number of nitrogens with one attached hydrogen (secondary N) is 4. The molecule has 290 valence electrons. The van der Waals surface area contributed by atoms with Gasteiger partial charge in [0, 0.05) is 22.5 Å². The number of rotatable bonds is 11. The smallest absolute Gasteiger partial charge is 0.335 e.